The van der Waals surface area contributed by atoms with Gasteiger partial charge in [0.15, 0.2) is 11.5 Å². The Balaban J connectivity index is 2.25. The Bertz CT molecular complexity index is 633. The molecule has 4 heteroatoms. The van der Waals surface area contributed by atoms with E-state index in [1.54, 1.807) is 21.3 Å². The van der Waals surface area contributed by atoms with Gasteiger partial charge in [-0.1, -0.05) is 24.3 Å². The third-order valence-corrected chi connectivity index (χ3v) is 3.63. The Kier molecular flexibility index (Phi) is 5.28. The number of rotatable bonds is 5. The molecule has 0 atom stereocenters. The molecule has 0 N–H and O–H groups in total. The predicted octanol–water partition coefficient (Wildman–Crippen LogP) is 4.65. The summed E-state index contributed by atoms with van der Waals surface area (Å²) in [6, 6.07) is 11.8. The highest BCUT2D eigenvalue weighted by Gasteiger charge is 2.09. The predicted molar refractivity (Wildman–Crippen MR) is 89.2 cm³/mol. The second-order valence-corrected chi connectivity index (χ2v) is 5.20. The fraction of sp³-hybridized carbons (Fsp3) is 0.176. The molecule has 0 aliphatic rings. The number of methoxy groups -OCH3 is 3. The molecule has 0 heterocycles. The summed E-state index contributed by atoms with van der Waals surface area (Å²) in [7, 11) is 4.91. The van der Waals surface area contributed by atoms with Gasteiger partial charge in [0.25, 0.3) is 0 Å². The Hall–Kier alpha value is -1.94. The van der Waals surface area contributed by atoms with Crippen LogP contribution >= 0.6 is 15.9 Å². The summed E-state index contributed by atoms with van der Waals surface area (Å²) >= 11 is 3.49. The maximum absolute atomic E-state index is 5.33. The van der Waals surface area contributed by atoms with Crippen molar-refractivity contribution in [1.82, 2.24) is 0 Å². The van der Waals surface area contributed by atoms with Gasteiger partial charge in [-0.05, 0) is 51.3 Å². The highest BCUT2D eigenvalue weighted by atomic mass is 79.9. The lowest BCUT2D eigenvalue weighted by Gasteiger charge is -2.10. The van der Waals surface area contributed by atoms with Crippen molar-refractivity contribution in [3.8, 4) is 17.2 Å². The zero-order chi connectivity index (χ0) is 15.2. The fourth-order valence-corrected chi connectivity index (χ4v) is 2.56. The van der Waals surface area contributed by atoms with Gasteiger partial charge < -0.3 is 14.2 Å². The van der Waals surface area contributed by atoms with Crippen molar-refractivity contribution in [1.29, 1.82) is 0 Å². The average Bonchev–Trinajstić information content (AvgIpc) is 2.52. The van der Waals surface area contributed by atoms with E-state index in [-0.39, 0.29) is 0 Å². The van der Waals surface area contributed by atoms with E-state index < -0.39 is 0 Å². The zero-order valence-electron chi connectivity index (χ0n) is 12.2. The molecule has 0 aliphatic heterocycles. The molecule has 0 spiro atoms. The molecular formula is C17H17BrO3. The molecule has 0 unspecified atom stereocenters. The number of ether oxygens (including phenoxy) is 3. The van der Waals surface area contributed by atoms with Gasteiger partial charge in [0.2, 0.25) is 0 Å². The quantitative estimate of drug-likeness (QED) is 0.736. The van der Waals surface area contributed by atoms with Gasteiger partial charge in [0.1, 0.15) is 5.75 Å². The highest BCUT2D eigenvalue weighted by molar-refractivity contribution is 9.10. The molecule has 0 aliphatic carbocycles. The van der Waals surface area contributed by atoms with E-state index in [4.69, 9.17) is 14.2 Å². The number of hydrogen-bond acceptors (Lipinski definition) is 3. The Labute approximate surface area is 133 Å². The largest absolute Gasteiger partial charge is 0.497 e. The first-order chi connectivity index (χ1) is 10.2. The normalized spacial score (nSPS) is 10.7. The summed E-state index contributed by atoms with van der Waals surface area (Å²) in [4.78, 5) is 0. The third-order valence-electron chi connectivity index (χ3n) is 3.04. The SMILES string of the molecule is COc1ccc(/C=C\c2cc(Br)c(OC)c(OC)c2)cc1. The molecule has 0 fully saturated rings. The lowest BCUT2D eigenvalue weighted by molar-refractivity contribution is 0.353. The Morgan fingerprint density at radius 3 is 2.05 bits per heavy atom. The van der Waals surface area contributed by atoms with Crippen LogP contribution in [0.3, 0.4) is 0 Å². The molecule has 110 valence electrons. The second kappa shape index (κ2) is 7.18. The molecule has 3 nitrogen and oxygen atoms in total. The van der Waals surface area contributed by atoms with Crippen molar-refractivity contribution in [2.24, 2.45) is 0 Å². The highest BCUT2D eigenvalue weighted by Crippen LogP contribution is 2.36. The van der Waals surface area contributed by atoms with Crippen LogP contribution in [0.4, 0.5) is 0 Å². The Morgan fingerprint density at radius 2 is 1.48 bits per heavy atom. The average molecular weight is 349 g/mol. The summed E-state index contributed by atoms with van der Waals surface area (Å²) in [5, 5.41) is 0. The molecular weight excluding hydrogens is 332 g/mol. The van der Waals surface area contributed by atoms with Crippen LogP contribution in [-0.2, 0) is 0 Å². The summed E-state index contributed by atoms with van der Waals surface area (Å²) in [6.45, 7) is 0. The summed E-state index contributed by atoms with van der Waals surface area (Å²) in [5.74, 6) is 2.24. The van der Waals surface area contributed by atoms with E-state index in [0.717, 1.165) is 21.3 Å². The number of benzene rings is 2. The van der Waals surface area contributed by atoms with Crippen LogP contribution < -0.4 is 14.2 Å². The monoisotopic (exact) mass is 348 g/mol. The first kappa shape index (κ1) is 15.4. The fourth-order valence-electron chi connectivity index (χ4n) is 1.94. The van der Waals surface area contributed by atoms with E-state index in [2.05, 4.69) is 15.9 Å². The van der Waals surface area contributed by atoms with Crippen LogP contribution in [0.5, 0.6) is 17.2 Å². The smallest absolute Gasteiger partial charge is 0.174 e. The van der Waals surface area contributed by atoms with Gasteiger partial charge >= 0.3 is 0 Å². The summed E-state index contributed by atoms with van der Waals surface area (Å²) < 4.78 is 16.6. The van der Waals surface area contributed by atoms with Gasteiger partial charge in [-0.3, -0.25) is 0 Å². The van der Waals surface area contributed by atoms with Crippen LogP contribution in [0, 0.1) is 0 Å². The topological polar surface area (TPSA) is 27.7 Å². The van der Waals surface area contributed by atoms with Crippen LogP contribution in [0.1, 0.15) is 11.1 Å². The van der Waals surface area contributed by atoms with Gasteiger partial charge in [0.05, 0.1) is 25.8 Å². The summed E-state index contributed by atoms with van der Waals surface area (Å²) in [6.07, 6.45) is 4.06. The van der Waals surface area contributed by atoms with E-state index in [1.807, 2.05) is 48.6 Å². The molecule has 0 amide bonds. The molecule has 2 aromatic carbocycles. The van der Waals surface area contributed by atoms with Gasteiger partial charge in [-0.25, -0.2) is 0 Å². The van der Waals surface area contributed by atoms with Crippen molar-refractivity contribution in [2.45, 2.75) is 0 Å². The van der Waals surface area contributed by atoms with Crippen molar-refractivity contribution in [2.75, 3.05) is 21.3 Å². The first-order valence-electron chi connectivity index (χ1n) is 6.41. The summed E-state index contributed by atoms with van der Waals surface area (Å²) in [5.41, 5.74) is 2.12. The van der Waals surface area contributed by atoms with Crippen molar-refractivity contribution >= 4 is 28.1 Å². The molecule has 2 aromatic rings. The molecule has 0 saturated heterocycles. The molecule has 21 heavy (non-hydrogen) atoms. The standard InChI is InChI=1S/C17H17BrO3/c1-19-14-8-6-12(7-9-14)4-5-13-10-15(18)17(21-3)16(11-13)20-2/h4-11H,1-3H3/b5-4-. The van der Waals surface area contributed by atoms with Gasteiger partial charge in [-0.2, -0.15) is 0 Å². The minimum absolute atomic E-state index is 0.694. The molecule has 0 bridgehead atoms. The molecule has 0 radical (unpaired) electrons. The lowest BCUT2D eigenvalue weighted by atomic mass is 10.1. The van der Waals surface area contributed by atoms with E-state index >= 15 is 0 Å². The second-order valence-electron chi connectivity index (χ2n) is 4.34. The minimum atomic E-state index is 0.694. The zero-order valence-corrected chi connectivity index (χ0v) is 13.8. The van der Waals surface area contributed by atoms with Crippen LogP contribution in [0.25, 0.3) is 12.2 Å². The van der Waals surface area contributed by atoms with Crippen LogP contribution in [0.15, 0.2) is 40.9 Å². The first-order valence-corrected chi connectivity index (χ1v) is 7.21. The number of halogens is 1. The van der Waals surface area contributed by atoms with Crippen molar-refractivity contribution in [3.63, 3.8) is 0 Å². The molecule has 0 saturated carbocycles. The lowest BCUT2D eigenvalue weighted by Crippen LogP contribution is -1.92. The van der Waals surface area contributed by atoms with E-state index in [1.165, 1.54) is 0 Å². The van der Waals surface area contributed by atoms with Crippen molar-refractivity contribution in [3.05, 3.63) is 52.0 Å². The number of hydrogen-bond donors (Lipinski definition) is 0. The van der Waals surface area contributed by atoms with E-state index in [9.17, 15) is 0 Å². The van der Waals surface area contributed by atoms with Crippen molar-refractivity contribution < 1.29 is 14.2 Å². The maximum Gasteiger partial charge on any atom is 0.174 e. The third kappa shape index (κ3) is 3.79. The van der Waals surface area contributed by atoms with Gasteiger partial charge in [0, 0.05) is 0 Å². The van der Waals surface area contributed by atoms with Crippen LogP contribution in [0.2, 0.25) is 0 Å². The molecule has 0 aromatic heterocycles. The molecule has 2 rings (SSSR count). The maximum atomic E-state index is 5.33. The van der Waals surface area contributed by atoms with Gasteiger partial charge in [-0.15, -0.1) is 0 Å². The van der Waals surface area contributed by atoms with Crippen LogP contribution in [-0.4, -0.2) is 21.3 Å². The van der Waals surface area contributed by atoms with E-state index in [0.29, 0.717) is 11.5 Å². The Morgan fingerprint density at radius 1 is 0.810 bits per heavy atom. The minimum Gasteiger partial charge on any atom is -0.497 e.